The SMILES string of the molecule is CCCNC1CCC2(CC1N(C)CC)OCCO2. The lowest BCUT2D eigenvalue weighted by molar-refractivity contribution is -0.192. The Balaban J connectivity index is 2.00. The Bertz CT molecular complexity index is 254. The van der Waals surface area contributed by atoms with E-state index in [1.54, 1.807) is 0 Å². The molecule has 0 aromatic heterocycles. The lowest BCUT2D eigenvalue weighted by Crippen LogP contribution is -2.57. The first-order valence-electron chi connectivity index (χ1n) is 7.42. The number of nitrogens with one attached hydrogen (secondary N) is 1. The van der Waals surface area contributed by atoms with Crippen LogP contribution in [0.4, 0.5) is 0 Å². The molecule has 1 saturated carbocycles. The fraction of sp³-hybridized carbons (Fsp3) is 1.00. The highest BCUT2D eigenvalue weighted by Gasteiger charge is 2.45. The van der Waals surface area contributed by atoms with E-state index in [0.29, 0.717) is 12.1 Å². The van der Waals surface area contributed by atoms with E-state index < -0.39 is 0 Å². The highest BCUT2D eigenvalue weighted by Crippen LogP contribution is 2.37. The number of hydrogen-bond acceptors (Lipinski definition) is 4. The molecule has 4 nitrogen and oxygen atoms in total. The van der Waals surface area contributed by atoms with Crippen molar-refractivity contribution in [2.24, 2.45) is 0 Å². The summed E-state index contributed by atoms with van der Waals surface area (Å²) in [6.07, 6.45) is 4.37. The van der Waals surface area contributed by atoms with E-state index in [1.165, 1.54) is 6.42 Å². The minimum absolute atomic E-state index is 0.279. The molecule has 1 saturated heterocycles. The molecule has 0 bridgehead atoms. The van der Waals surface area contributed by atoms with E-state index in [4.69, 9.17) is 9.47 Å². The van der Waals surface area contributed by atoms with E-state index in [-0.39, 0.29) is 5.79 Å². The maximum Gasteiger partial charge on any atom is 0.170 e. The maximum absolute atomic E-state index is 5.88. The molecule has 1 aliphatic carbocycles. The largest absolute Gasteiger partial charge is 0.347 e. The maximum atomic E-state index is 5.88. The van der Waals surface area contributed by atoms with Crippen molar-refractivity contribution >= 4 is 0 Å². The van der Waals surface area contributed by atoms with Gasteiger partial charge < -0.3 is 19.7 Å². The molecule has 1 heterocycles. The van der Waals surface area contributed by atoms with Crippen LogP contribution in [0.1, 0.15) is 39.5 Å². The minimum atomic E-state index is -0.279. The van der Waals surface area contributed by atoms with Crippen molar-refractivity contribution in [3.05, 3.63) is 0 Å². The van der Waals surface area contributed by atoms with Gasteiger partial charge in [-0.2, -0.15) is 0 Å². The van der Waals surface area contributed by atoms with Crippen LogP contribution in [0.25, 0.3) is 0 Å². The van der Waals surface area contributed by atoms with Crippen molar-refractivity contribution in [3.8, 4) is 0 Å². The summed E-state index contributed by atoms with van der Waals surface area (Å²) in [6, 6.07) is 1.10. The Morgan fingerprint density at radius 3 is 2.61 bits per heavy atom. The molecule has 2 aliphatic rings. The van der Waals surface area contributed by atoms with Crippen LogP contribution in [0.5, 0.6) is 0 Å². The summed E-state index contributed by atoms with van der Waals surface area (Å²) in [7, 11) is 2.21. The quantitative estimate of drug-likeness (QED) is 0.810. The second-order valence-corrected chi connectivity index (χ2v) is 5.55. The van der Waals surface area contributed by atoms with Crippen LogP contribution < -0.4 is 5.32 Å². The molecule has 2 fully saturated rings. The molecule has 106 valence electrons. The molecule has 0 aromatic carbocycles. The molecular weight excluding hydrogens is 228 g/mol. The smallest absolute Gasteiger partial charge is 0.170 e. The third kappa shape index (κ3) is 3.05. The molecule has 2 atom stereocenters. The van der Waals surface area contributed by atoms with Crippen LogP contribution in [-0.2, 0) is 9.47 Å². The molecule has 0 aromatic rings. The Morgan fingerprint density at radius 1 is 1.28 bits per heavy atom. The van der Waals surface area contributed by atoms with E-state index in [9.17, 15) is 0 Å². The number of nitrogens with zero attached hydrogens (tertiary/aromatic N) is 1. The number of rotatable bonds is 5. The number of hydrogen-bond donors (Lipinski definition) is 1. The third-order valence-corrected chi connectivity index (χ3v) is 4.36. The Kier molecular flexibility index (Phi) is 5.01. The van der Waals surface area contributed by atoms with E-state index in [2.05, 4.69) is 31.1 Å². The fourth-order valence-electron chi connectivity index (χ4n) is 3.16. The van der Waals surface area contributed by atoms with Crippen molar-refractivity contribution in [1.29, 1.82) is 0 Å². The molecule has 0 radical (unpaired) electrons. The summed E-state index contributed by atoms with van der Waals surface area (Å²) < 4.78 is 11.8. The van der Waals surface area contributed by atoms with Crippen molar-refractivity contribution in [2.45, 2.75) is 57.4 Å². The van der Waals surface area contributed by atoms with Gasteiger partial charge in [-0.1, -0.05) is 13.8 Å². The zero-order chi connectivity index (χ0) is 13.0. The Hall–Kier alpha value is -0.160. The summed E-state index contributed by atoms with van der Waals surface area (Å²) in [5.74, 6) is -0.279. The normalized spacial score (nSPS) is 31.3. The summed E-state index contributed by atoms with van der Waals surface area (Å²) in [4.78, 5) is 2.43. The summed E-state index contributed by atoms with van der Waals surface area (Å²) >= 11 is 0. The lowest BCUT2D eigenvalue weighted by Gasteiger charge is -2.45. The van der Waals surface area contributed by atoms with Crippen molar-refractivity contribution in [2.75, 3.05) is 33.4 Å². The van der Waals surface area contributed by atoms with Crippen LogP contribution in [0.2, 0.25) is 0 Å². The molecule has 1 N–H and O–H groups in total. The average molecular weight is 256 g/mol. The summed E-state index contributed by atoms with van der Waals surface area (Å²) in [6.45, 7) is 8.14. The Morgan fingerprint density at radius 2 is 2.00 bits per heavy atom. The predicted octanol–water partition coefficient (Wildman–Crippen LogP) is 1.60. The van der Waals surface area contributed by atoms with E-state index in [1.807, 2.05) is 0 Å². The van der Waals surface area contributed by atoms with Crippen LogP contribution in [-0.4, -0.2) is 56.1 Å². The van der Waals surface area contributed by atoms with Gasteiger partial charge in [-0.15, -0.1) is 0 Å². The molecular formula is C14H28N2O2. The van der Waals surface area contributed by atoms with Crippen molar-refractivity contribution in [1.82, 2.24) is 10.2 Å². The van der Waals surface area contributed by atoms with Crippen molar-refractivity contribution in [3.63, 3.8) is 0 Å². The van der Waals surface area contributed by atoms with Gasteiger partial charge in [0.15, 0.2) is 5.79 Å². The minimum Gasteiger partial charge on any atom is -0.347 e. The highest BCUT2D eigenvalue weighted by atomic mass is 16.7. The standard InChI is InChI=1S/C14H28N2O2/c1-4-8-15-12-6-7-14(17-9-10-18-14)11-13(12)16(3)5-2/h12-13,15H,4-11H2,1-3H3. The van der Waals surface area contributed by atoms with Gasteiger partial charge in [-0.25, -0.2) is 0 Å². The zero-order valence-electron chi connectivity index (χ0n) is 12.1. The molecule has 4 heteroatoms. The van der Waals surface area contributed by atoms with Crippen molar-refractivity contribution < 1.29 is 9.47 Å². The second-order valence-electron chi connectivity index (χ2n) is 5.55. The molecule has 2 unspecified atom stereocenters. The van der Waals surface area contributed by atoms with Crippen LogP contribution in [0.15, 0.2) is 0 Å². The summed E-state index contributed by atoms with van der Waals surface area (Å²) in [5, 5.41) is 3.69. The van der Waals surface area contributed by atoms with Crippen LogP contribution >= 0.6 is 0 Å². The lowest BCUT2D eigenvalue weighted by atomic mass is 9.84. The van der Waals surface area contributed by atoms with Gasteiger partial charge in [0.25, 0.3) is 0 Å². The second kappa shape index (κ2) is 6.33. The van der Waals surface area contributed by atoms with Gasteiger partial charge in [-0.3, -0.25) is 0 Å². The topological polar surface area (TPSA) is 33.7 Å². The first-order valence-corrected chi connectivity index (χ1v) is 7.42. The Labute approximate surface area is 111 Å². The van der Waals surface area contributed by atoms with E-state index >= 15 is 0 Å². The monoisotopic (exact) mass is 256 g/mol. The highest BCUT2D eigenvalue weighted by molar-refractivity contribution is 4.95. The summed E-state index contributed by atoms with van der Waals surface area (Å²) in [5.41, 5.74) is 0. The van der Waals surface area contributed by atoms with E-state index in [0.717, 1.165) is 45.6 Å². The first kappa shape index (κ1) is 14.3. The van der Waals surface area contributed by atoms with Gasteiger partial charge in [-0.05, 0) is 33.0 Å². The average Bonchev–Trinajstić information content (AvgIpc) is 2.85. The zero-order valence-corrected chi connectivity index (χ0v) is 12.1. The molecule has 1 spiro atoms. The molecule has 0 amide bonds. The van der Waals surface area contributed by atoms with Gasteiger partial charge in [0.2, 0.25) is 0 Å². The van der Waals surface area contributed by atoms with Crippen LogP contribution in [0, 0.1) is 0 Å². The van der Waals surface area contributed by atoms with Gasteiger partial charge in [0, 0.05) is 24.9 Å². The van der Waals surface area contributed by atoms with Crippen LogP contribution in [0.3, 0.4) is 0 Å². The van der Waals surface area contributed by atoms with Gasteiger partial charge in [0.1, 0.15) is 0 Å². The van der Waals surface area contributed by atoms with Gasteiger partial charge >= 0.3 is 0 Å². The fourth-order valence-corrected chi connectivity index (χ4v) is 3.16. The molecule has 2 rings (SSSR count). The van der Waals surface area contributed by atoms with Gasteiger partial charge in [0.05, 0.1) is 13.2 Å². The number of likely N-dealkylation sites (N-methyl/N-ethyl adjacent to an activating group) is 1. The number of ether oxygens (including phenoxy) is 2. The molecule has 1 aliphatic heterocycles. The molecule has 18 heavy (non-hydrogen) atoms. The predicted molar refractivity (Wildman–Crippen MR) is 72.7 cm³/mol. The third-order valence-electron chi connectivity index (χ3n) is 4.36. The first-order chi connectivity index (χ1) is 8.71.